The first-order valence-electron chi connectivity index (χ1n) is 7.00. The molecule has 0 saturated carbocycles. The van der Waals surface area contributed by atoms with Gasteiger partial charge in [0.05, 0.1) is 6.42 Å². The van der Waals surface area contributed by atoms with Crippen molar-refractivity contribution in [2.75, 3.05) is 18.5 Å². The molecule has 2 amide bonds. The summed E-state index contributed by atoms with van der Waals surface area (Å²) < 4.78 is 13.4. The van der Waals surface area contributed by atoms with E-state index in [9.17, 15) is 14.0 Å². The molecule has 120 valence electrons. The van der Waals surface area contributed by atoms with Crippen molar-refractivity contribution in [2.24, 2.45) is 0 Å². The van der Waals surface area contributed by atoms with Crippen LogP contribution in [0.25, 0.3) is 0 Å². The van der Waals surface area contributed by atoms with E-state index in [0.717, 1.165) is 5.56 Å². The highest BCUT2D eigenvalue weighted by Gasteiger charge is 2.19. The summed E-state index contributed by atoms with van der Waals surface area (Å²) in [5.41, 5.74) is 1.06. The molecule has 0 aliphatic rings. The highest BCUT2D eigenvalue weighted by molar-refractivity contribution is 6.30. The van der Waals surface area contributed by atoms with E-state index in [4.69, 9.17) is 11.6 Å². The molecule has 2 aromatic rings. The van der Waals surface area contributed by atoms with E-state index in [2.05, 4.69) is 5.32 Å². The fraction of sp³-hybridized carbons (Fsp3) is 0.176. The summed E-state index contributed by atoms with van der Waals surface area (Å²) in [6.07, 6.45) is 0.0636. The van der Waals surface area contributed by atoms with E-state index >= 15 is 0 Å². The van der Waals surface area contributed by atoms with Gasteiger partial charge in [-0.05, 0) is 35.9 Å². The Balaban J connectivity index is 2.25. The van der Waals surface area contributed by atoms with Crippen molar-refractivity contribution in [2.45, 2.75) is 6.42 Å². The van der Waals surface area contributed by atoms with Crippen LogP contribution in [0.3, 0.4) is 0 Å². The molecule has 0 atom stereocenters. The fourth-order valence-electron chi connectivity index (χ4n) is 2.11. The topological polar surface area (TPSA) is 49.4 Å². The van der Waals surface area contributed by atoms with E-state index in [1.165, 1.54) is 30.1 Å². The third kappa shape index (κ3) is 4.79. The van der Waals surface area contributed by atoms with Crippen LogP contribution in [-0.2, 0) is 16.0 Å². The third-order valence-corrected chi connectivity index (χ3v) is 3.48. The number of likely N-dealkylation sites (N-methyl/N-ethyl adjacent to an activating group) is 1. The number of hydrogen-bond donors (Lipinski definition) is 1. The van der Waals surface area contributed by atoms with Crippen molar-refractivity contribution in [3.05, 3.63) is 64.9 Å². The SMILES string of the molecule is CNC(=O)CN(C(=O)Cc1cccc(Cl)c1)c1cccc(F)c1. The van der Waals surface area contributed by atoms with Crippen LogP contribution in [0.1, 0.15) is 5.56 Å². The number of carbonyl (C=O) groups is 2. The van der Waals surface area contributed by atoms with Gasteiger partial charge < -0.3 is 10.2 Å². The van der Waals surface area contributed by atoms with Crippen LogP contribution in [0.2, 0.25) is 5.02 Å². The van der Waals surface area contributed by atoms with Crippen LogP contribution in [0.5, 0.6) is 0 Å². The van der Waals surface area contributed by atoms with Crippen molar-refractivity contribution in [1.29, 1.82) is 0 Å². The Kier molecular flexibility index (Phi) is 5.71. The number of benzene rings is 2. The minimum atomic E-state index is -0.472. The number of amides is 2. The number of anilines is 1. The lowest BCUT2D eigenvalue weighted by Gasteiger charge is -2.22. The Morgan fingerprint density at radius 1 is 1.17 bits per heavy atom. The lowest BCUT2D eigenvalue weighted by molar-refractivity contribution is -0.123. The summed E-state index contributed by atoms with van der Waals surface area (Å²) in [4.78, 5) is 25.5. The minimum Gasteiger partial charge on any atom is -0.358 e. The highest BCUT2D eigenvalue weighted by atomic mass is 35.5. The molecular weight excluding hydrogens is 319 g/mol. The van der Waals surface area contributed by atoms with E-state index < -0.39 is 5.82 Å². The second kappa shape index (κ2) is 7.74. The first-order valence-corrected chi connectivity index (χ1v) is 7.38. The van der Waals surface area contributed by atoms with Gasteiger partial charge in [0, 0.05) is 17.8 Å². The lowest BCUT2D eigenvalue weighted by atomic mass is 10.1. The van der Waals surface area contributed by atoms with Crippen LogP contribution in [0, 0.1) is 5.82 Å². The van der Waals surface area contributed by atoms with Crippen LogP contribution in [-0.4, -0.2) is 25.4 Å². The number of nitrogens with zero attached hydrogens (tertiary/aromatic N) is 1. The van der Waals surface area contributed by atoms with Crippen molar-refractivity contribution < 1.29 is 14.0 Å². The Morgan fingerprint density at radius 2 is 1.91 bits per heavy atom. The summed E-state index contributed by atoms with van der Waals surface area (Å²) in [6, 6.07) is 12.5. The van der Waals surface area contributed by atoms with Gasteiger partial charge in [0.15, 0.2) is 0 Å². The predicted octanol–water partition coefficient (Wildman–Crippen LogP) is 2.80. The third-order valence-electron chi connectivity index (χ3n) is 3.25. The predicted molar refractivity (Wildman–Crippen MR) is 88.0 cm³/mol. The van der Waals surface area contributed by atoms with E-state index in [0.29, 0.717) is 10.7 Å². The monoisotopic (exact) mass is 334 g/mol. The first-order chi connectivity index (χ1) is 11.0. The van der Waals surface area contributed by atoms with E-state index in [1.54, 1.807) is 30.3 Å². The second-order valence-corrected chi connectivity index (χ2v) is 5.38. The van der Waals surface area contributed by atoms with Crippen LogP contribution >= 0.6 is 11.6 Å². The summed E-state index contributed by atoms with van der Waals surface area (Å²) in [5.74, 6) is -1.13. The zero-order chi connectivity index (χ0) is 16.8. The average Bonchev–Trinajstić information content (AvgIpc) is 2.52. The van der Waals surface area contributed by atoms with Gasteiger partial charge >= 0.3 is 0 Å². The molecule has 23 heavy (non-hydrogen) atoms. The van der Waals surface area contributed by atoms with Gasteiger partial charge in [0.1, 0.15) is 12.4 Å². The zero-order valence-corrected chi connectivity index (χ0v) is 13.3. The maximum absolute atomic E-state index is 13.4. The van der Waals surface area contributed by atoms with Gasteiger partial charge in [-0.3, -0.25) is 9.59 Å². The quantitative estimate of drug-likeness (QED) is 0.914. The molecule has 0 saturated heterocycles. The maximum Gasteiger partial charge on any atom is 0.239 e. The molecule has 0 aliphatic carbocycles. The molecule has 0 spiro atoms. The molecule has 0 unspecified atom stereocenters. The van der Waals surface area contributed by atoms with E-state index in [1.807, 2.05) is 0 Å². The van der Waals surface area contributed by atoms with Gasteiger partial charge in [-0.15, -0.1) is 0 Å². The Bertz CT molecular complexity index is 721. The Morgan fingerprint density at radius 3 is 2.57 bits per heavy atom. The van der Waals surface area contributed by atoms with Gasteiger partial charge in [-0.1, -0.05) is 29.8 Å². The maximum atomic E-state index is 13.4. The van der Waals surface area contributed by atoms with Crippen LogP contribution in [0.4, 0.5) is 10.1 Å². The molecule has 2 rings (SSSR count). The molecule has 1 N–H and O–H groups in total. The normalized spacial score (nSPS) is 10.2. The lowest BCUT2D eigenvalue weighted by Crippen LogP contribution is -2.40. The van der Waals surface area contributed by atoms with Gasteiger partial charge in [0.25, 0.3) is 0 Å². The molecule has 0 bridgehead atoms. The number of nitrogens with one attached hydrogen (secondary N) is 1. The molecule has 2 aromatic carbocycles. The van der Waals surface area contributed by atoms with Crippen molar-refractivity contribution in [3.8, 4) is 0 Å². The zero-order valence-electron chi connectivity index (χ0n) is 12.6. The van der Waals surface area contributed by atoms with E-state index in [-0.39, 0.29) is 24.8 Å². The molecule has 0 heterocycles. The van der Waals surface area contributed by atoms with Gasteiger partial charge in [-0.25, -0.2) is 4.39 Å². The summed E-state index contributed by atoms with van der Waals surface area (Å²) in [5, 5.41) is 2.99. The minimum absolute atomic E-state index is 0.0636. The molecule has 0 fully saturated rings. The van der Waals surface area contributed by atoms with Crippen molar-refractivity contribution in [1.82, 2.24) is 5.32 Å². The fourth-order valence-corrected chi connectivity index (χ4v) is 2.32. The smallest absolute Gasteiger partial charge is 0.239 e. The second-order valence-electron chi connectivity index (χ2n) is 4.94. The van der Waals surface area contributed by atoms with Crippen molar-refractivity contribution >= 4 is 29.1 Å². The number of halogens is 2. The summed E-state index contributed by atoms with van der Waals surface area (Å²) >= 11 is 5.91. The number of hydrogen-bond acceptors (Lipinski definition) is 2. The summed E-state index contributed by atoms with van der Waals surface area (Å²) in [7, 11) is 1.48. The van der Waals surface area contributed by atoms with Gasteiger partial charge in [-0.2, -0.15) is 0 Å². The molecule has 0 radical (unpaired) electrons. The molecule has 6 heteroatoms. The standard InChI is InChI=1S/C17H16ClFN2O2/c1-20-16(22)11-21(15-7-3-6-14(19)10-15)17(23)9-12-4-2-5-13(18)8-12/h2-8,10H,9,11H2,1H3,(H,20,22). The number of rotatable bonds is 5. The average molecular weight is 335 g/mol. The molecular formula is C17H16ClFN2O2. The molecule has 0 aromatic heterocycles. The number of carbonyl (C=O) groups excluding carboxylic acids is 2. The molecule has 4 nitrogen and oxygen atoms in total. The highest BCUT2D eigenvalue weighted by Crippen LogP contribution is 2.18. The van der Waals surface area contributed by atoms with Crippen LogP contribution < -0.4 is 10.2 Å². The largest absolute Gasteiger partial charge is 0.358 e. The van der Waals surface area contributed by atoms with Crippen molar-refractivity contribution in [3.63, 3.8) is 0 Å². The Hall–Kier alpha value is -2.40. The Labute approximate surface area is 138 Å². The van der Waals surface area contributed by atoms with Crippen LogP contribution in [0.15, 0.2) is 48.5 Å². The first kappa shape index (κ1) is 17.0. The van der Waals surface area contributed by atoms with Gasteiger partial charge in [0.2, 0.25) is 11.8 Å². The molecule has 0 aliphatic heterocycles. The summed E-state index contributed by atoms with van der Waals surface area (Å²) in [6.45, 7) is -0.181.